The molecule has 0 heterocycles. The lowest BCUT2D eigenvalue weighted by Crippen LogP contribution is -2.14. The summed E-state index contributed by atoms with van der Waals surface area (Å²) in [6, 6.07) is 18.6. The first-order valence-electron chi connectivity index (χ1n) is 12.5. The molecule has 0 spiro atoms. The van der Waals surface area contributed by atoms with Crippen LogP contribution in [0, 0.1) is 11.8 Å². The van der Waals surface area contributed by atoms with Crippen LogP contribution in [-0.2, 0) is 0 Å². The van der Waals surface area contributed by atoms with Crippen molar-refractivity contribution in [3.05, 3.63) is 59.7 Å². The van der Waals surface area contributed by atoms with Crippen molar-refractivity contribution in [3.8, 4) is 11.1 Å². The van der Waals surface area contributed by atoms with E-state index in [9.17, 15) is 4.39 Å². The van der Waals surface area contributed by atoms with Gasteiger partial charge in [0.1, 0.15) is 0 Å². The van der Waals surface area contributed by atoms with Crippen molar-refractivity contribution >= 4 is 0 Å². The van der Waals surface area contributed by atoms with Crippen LogP contribution in [0.15, 0.2) is 48.5 Å². The van der Waals surface area contributed by atoms with Crippen molar-refractivity contribution in [2.75, 3.05) is 6.67 Å². The van der Waals surface area contributed by atoms with Crippen molar-refractivity contribution in [1.82, 2.24) is 0 Å². The molecule has 0 amide bonds. The molecule has 0 bridgehead atoms. The van der Waals surface area contributed by atoms with Crippen LogP contribution in [0.1, 0.15) is 101 Å². The summed E-state index contributed by atoms with van der Waals surface area (Å²) in [5.74, 6) is 2.67. The van der Waals surface area contributed by atoms with Gasteiger partial charge in [-0.1, -0.05) is 74.7 Å². The maximum atomic E-state index is 12.9. The Morgan fingerprint density at radius 1 is 0.633 bits per heavy atom. The molecule has 2 fully saturated rings. The van der Waals surface area contributed by atoms with Gasteiger partial charge in [-0.3, -0.25) is 4.39 Å². The molecule has 0 aliphatic heterocycles. The van der Waals surface area contributed by atoms with Gasteiger partial charge in [0.25, 0.3) is 0 Å². The second-order valence-corrected chi connectivity index (χ2v) is 9.98. The van der Waals surface area contributed by atoms with E-state index in [1.165, 1.54) is 67.2 Å². The molecule has 0 aromatic heterocycles. The number of alkyl halides is 1. The molecule has 0 atom stereocenters. The van der Waals surface area contributed by atoms with Gasteiger partial charge in [0, 0.05) is 0 Å². The summed E-state index contributed by atoms with van der Waals surface area (Å²) in [5.41, 5.74) is 5.61. The summed E-state index contributed by atoms with van der Waals surface area (Å²) in [6.07, 6.45) is 14.1. The van der Waals surface area contributed by atoms with E-state index in [1.54, 1.807) is 0 Å². The van der Waals surface area contributed by atoms with Crippen LogP contribution >= 0.6 is 0 Å². The van der Waals surface area contributed by atoms with Crippen molar-refractivity contribution < 1.29 is 4.39 Å². The Balaban J connectivity index is 1.33. The number of unbranched alkanes of at least 4 members (excludes halogenated alkanes) is 1. The molecule has 0 radical (unpaired) electrons. The second kappa shape index (κ2) is 10.6. The Morgan fingerprint density at radius 3 is 1.47 bits per heavy atom. The molecular formula is C29H39F. The average Bonchev–Trinajstić information content (AvgIpc) is 2.83. The maximum Gasteiger partial charge on any atom is 0.0922 e. The van der Waals surface area contributed by atoms with Crippen LogP contribution in [0.5, 0.6) is 0 Å². The van der Waals surface area contributed by atoms with Crippen LogP contribution in [0.4, 0.5) is 4.39 Å². The number of hydrogen-bond acceptors (Lipinski definition) is 0. The van der Waals surface area contributed by atoms with E-state index in [4.69, 9.17) is 0 Å². The van der Waals surface area contributed by atoms with Gasteiger partial charge in [0.2, 0.25) is 0 Å². The fourth-order valence-corrected chi connectivity index (χ4v) is 5.82. The third-order valence-electron chi connectivity index (χ3n) is 7.98. The van der Waals surface area contributed by atoms with Gasteiger partial charge in [-0.15, -0.1) is 0 Å². The monoisotopic (exact) mass is 406 g/mol. The molecule has 2 aliphatic rings. The zero-order valence-electron chi connectivity index (χ0n) is 18.8. The van der Waals surface area contributed by atoms with Crippen molar-refractivity contribution in [3.63, 3.8) is 0 Å². The SMILES string of the molecule is CCCCC1CCC(c2ccc(-c3ccc(C4CCC(CF)CC4)cc3)cc2)CC1. The van der Waals surface area contributed by atoms with Crippen LogP contribution in [-0.4, -0.2) is 6.67 Å². The van der Waals surface area contributed by atoms with E-state index in [0.717, 1.165) is 37.5 Å². The lowest BCUT2D eigenvalue weighted by Gasteiger charge is -2.29. The molecule has 2 aromatic carbocycles. The van der Waals surface area contributed by atoms with Crippen LogP contribution in [0.3, 0.4) is 0 Å². The summed E-state index contributed by atoms with van der Waals surface area (Å²) in [5, 5.41) is 0. The largest absolute Gasteiger partial charge is 0.251 e. The topological polar surface area (TPSA) is 0 Å². The highest BCUT2D eigenvalue weighted by Gasteiger charge is 2.23. The Labute approximate surface area is 183 Å². The smallest absolute Gasteiger partial charge is 0.0922 e. The van der Waals surface area contributed by atoms with E-state index in [0.29, 0.717) is 11.8 Å². The Kier molecular flexibility index (Phi) is 7.63. The van der Waals surface area contributed by atoms with E-state index in [1.807, 2.05) is 0 Å². The summed E-state index contributed by atoms with van der Waals surface area (Å²) >= 11 is 0. The van der Waals surface area contributed by atoms with Crippen LogP contribution < -0.4 is 0 Å². The number of benzene rings is 2. The third-order valence-corrected chi connectivity index (χ3v) is 7.98. The lowest BCUT2D eigenvalue weighted by molar-refractivity contribution is 0.263. The molecule has 30 heavy (non-hydrogen) atoms. The van der Waals surface area contributed by atoms with Crippen molar-refractivity contribution in [2.24, 2.45) is 11.8 Å². The minimum absolute atomic E-state index is 0.137. The van der Waals surface area contributed by atoms with E-state index >= 15 is 0 Å². The van der Waals surface area contributed by atoms with Crippen LogP contribution in [0.25, 0.3) is 11.1 Å². The van der Waals surface area contributed by atoms with Gasteiger partial charge >= 0.3 is 0 Å². The molecular weight excluding hydrogens is 367 g/mol. The first-order valence-corrected chi connectivity index (χ1v) is 12.5. The molecule has 0 saturated heterocycles. The molecule has 1 heteroatoms. The second-order valence-electron chi connectivity index (χ2n) is 9.98. The highest BCUT2D eigenvalue weighted by atomic mass is 19.1. The van der Waals surface area contributed by atoms with Gasteiger partial charge < -0.3 is 0 Å². The molecule has 0 N–H and O–H groups in total. The number of hydrogen-bond donors (Lipinski definition) is 0. The van der Waals surface area contributed by atoms with E-state index < -0.39 is 0 Å². The summed E-state index contributed by atoms with van der Waals surface area (Å²) in [4.78, 5) is 0. The predicted octanol–water partition coefficient (Wildman–Crippen LogP) is 9.06. The molecule has 2 aromatic rings. The highest BCUT2D eigenvalue weighted by Crippen LogP contribution is 2.39. The summed E-state index contributed by atoms with van der Waals surface area (Å²) in [7, 11) is 0. The standard InChI is InChI=1S/C29H39F/c1-2-3-4-22-5-9-24(10-6-22)26-13-17-28(18-14-26)29-19-15-27(16-20-29)25-11-7-23(21-30)8-12-25/h13-20,22-25H,2-12,21H2,1H3. The lowest BCUT2D eigenvalue weighted by atomic mass is 9.77. The van der Waals surface area contributed by atoms with Gasteiger partial charge in [-0.25, -0.2) is 0 Å². The molecule has 2 aliphatic carbocycles. The minimum Gasteiger partial charge on any atom is -0.251 e. The number of rotatable bonds is 7. The zero-order valence-corrected chi connectivity index (χ0v) is 18.8. The Hall–Kier alpha value is -1.63. The highest BCUT2D eigenvalue weighted by molar-refractivity contribution is 5.64. The summed E-state index contributed by atoms with van der Waals surface area (Å²) < 4.78 is 12.9. The fraction of sp³-hybridized carbons (Fsp3) is 0.586. The maximum absolute atomic E-state index is 12.9. The average molecular weight is 407 g/mol. The van der Waals surface area contributed by atoms with Gasteiger partial charge in [0.15, 0.2) is 0 Å². The Bertz CT molecular complexity index is 744. The third kappa shape index (κ3) is 5.34. The molecule has 162 valence electrons. The van der Waals surface area contributed by atoms with Crippen molar-refractivity contribution in [2.45, 2.75) is 89.4 Å². The van der Waals surface area contributed by atoms with Gasteiger partial charge in [-0.05, 0) is 97.3 Å². The van der Waals surface area contributed by atoms with E-state index in [-0.39, 0.29) is 6.67 Å². The Morgan fingerprint density at radius 2 is 1.07 bits per heavy atom. The van der Waals surface area contributed by atoms with Gasteiger partial charge in [-0.2, -0.15) is 0 Å². The minimum atomic E-state index is -0.137. The predicted molar refractivity (Wildman–Crippen MR) is 127 cm³/mol. The first-order chi connectivity index (χ1) is 14.8. The summed E-state index contributed by atoms with van der Waals surface area (Å²) in [6.45, 7) is 2.17. The van der Waals surface area contributed by atoms with Crippen molar-refractivity contribution in [1.29, 1.82) is 0 Å². The normalized spacial score (nSPS) is 27.1. The van der Waals surface area contributed by atoms with E-state index in [2.05, 4.69) is 55.5 Å². The first kappa shape index (κ1) is 21.6. The van der Waals surface area contributed by atoms with Crippen LogP contribution in [0.2, 0.25) is 0 Å². The zero-order chi connectivity index (χ0) is 20.8. The molecule has 2 saturated carbocycles. The molecule has 0 nitrogen and oxygen atoms in total. The molecule has 0 unspecified atom stereocenters. The van der Waals surface area contributed by atoms with Gasteiger partial charge in [0.05, 0.1) is 6.67 Å². The number of halogens is 1. The fourth-order valence-electron chi connectivity index (χ4n) is 5.82. The quantitative estimate of drug-likeness (QED) is 0.430. The molecule has 4 rings (SSSR count).